The number of nitrogens with one attached hydrogen (secondary N) is 2. The van der Waals surface area contributed by atoms with Gasteiger partial charge in [-0.15, -0.1) is 0 Å². The Kier molecular flexibility index (Phi) is 14.8. The summed E-state index contributed by atoms with van der Waals surface area (Å²) in [5.74, 6) is -4.88. The van der Waals surface area contributed by atoms with Gasteiger partial charge in [-0.25, -0.2) is 0 Å². The highest BCUT2D eigenvalue weighted by molar-refractivity contribution is 14.1. The van der Waals surface area contributed by atoms with Gasteiger partial charge in [0.15, 0.2) is 0 Å². The fourth-order valence-electron chi connectivity index (χ4n) is 12.2. The van der Waals surface area contributed by atoms with Crippen LogP contribution in [0.15, 0.2) is 140 Å². The van der Waals surface area contributed by atoms with E-state index in [4.69, 9.17) is 18.9 Å². The molecule has 10 atom stereocenters. The van der Waals surface area contributed by atoms with Crippen molar-refractivity contribution in [3.8, 4) is 11.5 Å². The van der Waals surface area contributed by atoms with Gasteiger partial charge >= 0.3 is 17.9 Å². The largest absolute Gasteiger partial charge is 0.508 e. The Labute approximate surface area is 455 Å². The number of hydrogen-bond acceptors (Lipinski definition) is 12. The van der Waals surface area contributed by atoms with Crippen LogP contribution in [0.1, 0.15) is 77.7 Å². The highest BCUT2D eigenvalue weighted by Gasteiger charge is 2.74. The molecule has 76 heavy (non-hydrogen) atoms. The quantitative estimate of drug-likeness (QED) is 0.0212. The lowest BCUT2D eigenvalue weighted by molar-refractivity contribution is -0.870. The third-order valence-electron chi connectivity index (χ3n) is 15.4. The predicted octanol–water partition coefficient (Wildman–Crippen LogP) is 7.25. The molecule has 4 saturated heterocycles. The molecule has 1 spiro atoms. The molecule has 5 heterocycles. The van der Waals surface area contributed by atoms with Crippen molar-refractivity contribution in [1.82, 2.24) is 15.1 Å². The molecule has 0 aliphatic carbocycles. The van der Waals surface area contributed by atoms with Gasteiger partial charge in [-0.1, -0.05) is 97.6 Å². The van der Waals surface area contributed by atoms with Gasteiger partial charge in [-0.2, -0.15) is 0 Å². The summed E-state index contributed by atoms with van der Waals surface area (Å²) in [6.07, 6.45) is 2.74. The molecule has 0 unspecified atom stereocenters. The van der Waals surface area contributed by atoms with Crippen molar-refractivity contribution in [3.63, 3.8) is 0 Å². The standard InChI is InChI=1S/C59H60IN5O11/c1-5-30-74-56(70)47-50-57(71)76-51(37-16-10-7-11-17-37)49(35-14-8-6-9-15-35)64(50)52(59(47)43-33-39(60)23-28-44(43)62-58(59)72)38-21-26-41(27-22-38)73-31-32-75-55(69)42-34-46-53(67)61-45(18-12-13-29-65(2,3)4)54(68)63(46)48(42)36-19-24-40(66)25-20-36/h5-11,14-17,19-28,33,42,45-52H,1,12-13,18,29-32,34H2,2-4H3,(H2-,61,62,66,67,72)/p+1/t42-,45+,46-,47-,48-,49-,50-,51+,52+,59-/m1/s1. The highest BCUT2D eigenvalue weighted by atomic mass is 127. The summed E-state index contributed by atoms with van der Waals surface area (Å²) in [6.45, 7) is 4.29. The number of phenols is 1. The lowest BCUT2D eigenvalue weighted by Gasteiger charge is -2.46. The topological polar surface area (TPSA) is 190 Å². The SMILES string of the molecule is C=CCOC(=O)[C@H]1[C@@H]2C(=O)O[C@@H](c3ccccc3)[C@@H](c3ccccc3)N2[C@@H](c2ccc(OCCOC(=O)[C@@H]3C[C@@H]4C(=O)N[C@@H](CCCC[N+](C)(C)C)C(=O)N4[C@@H]3c3ccc(O)cc3)cc2)[C@]12C(=O)Nc1ccc(I)cc12. The minimum absolute atomic E-state index is 0.0222. The molecule has 17 heteroatoms. The Morgan fingerprint density at radius 3 is 2.16 bits per heavy atom. The lowest BCUT2D eigenvalue weighted by atomic mass is 9.65. The molecule has 0 radical (unpaired) electrons. The number of phenolic OH excluding ortho intramolecular Hbond substituents is 1. The van der Waals surface area contributed by atoms with E-state index in [9.17, 15) is 29.1 Å². The molecular formula is C59H61IN5O11+. The molecule has 394 valence electrons. The molecule has 5 aliphatic heterocycles. The van der Waals surface area contributed by atoms with Crippen molar-refractivity contribution in [2.75, 3.05) is 52.8 Å². The average molecular weight is 1140 g/mol. The number of ether oxygens (including phenoxy) is 4. The van der Waals surface area contributed by atoms with Crippen LogP contribution in [0.4, 0.5) is 5.69 Å². The zero-order valence-electron chi connectivity index (χ0n) is 42.5. The Morgan fingerprint density at radius 1 is 0.803 bits per heavy atom. The van der Waals surface area contributed by atoms with Crippen LogP contribution in [0.3, 0.4) is 0 Å². The Morgan fingerprint density at radius 2 is 1.47 bits per heavy atom. The number of carbonyl (C=O) groups is 6. The monoisotopic (exact) mass is 1140 g/mol. The molecule has 3 amide bonds. The Bertz CT molecular complexity index is 3030. The van der Waals surface area contributed by atoms with Crippen molar-refractivity contribution in [2.45, 2.75) is 73.5 Å². The fourth-order valence-corrected chi connectivity index (χ4v) is 12.7. The summed E-state index contributed by atoms with van der Waals surface area (Å²) in [5, 5.41) is 16.1. The second kappa shape index (κ2) is 21.5. The number of nitrogens with zero attached hydrogens (tertiary/aromatic N) is 3. The molecule has 4 fully saturated rings. The van der Waals surface area contributed by atoms with Crippen LogP contribution in [0.25, 0.3) is 0 Å². The molecule has 5 aromatic carbocycles. The summed E-state index contributed by atoms with van der Waals surface area (Å²) in [7, 11) is 6.32. The van der Waals surface area contributed by atoms with E-state index in [0.29, 0.717) is 34.5 Å². The minimum Gasteiger partial charge on any atom is -0.508 e. The number of esters is 3. The van der Waals surface area contributed by atoms with E-state index < -0.39 is 83.4 Å². The number of carbonyl (C=O) groups excluding carboxylic acids is 6. The van der Waals surface area contributed by atoms with Gasteiger partial charge in [0.25, 0.3) is 0 Å². The van der Waals surface area contributed by atoms with Crippen molar-refractivity contribution in [1.29, 1.82) is 0 Å². The Balaban J connectivity index is 0.932. The smallest absolute Gasteiger partial charge is 0.325 e. The first-order chi connectivity index (χ1) is 36.6. The van der Waals surface area contributed by atoms with E-state index >= 15 is 4.79 Å². The molecule has 3 N–H and O–H groups in total. The van der Waals surface area contributed by atoms with E-state index in [2.05, 4.69) is 60.9 Å². The molecule has 16 nitrogen and oxygen atoms in total. The molecule has 0 bridgehead atoms. The maximum Gasteiger partial charge on any atom is 0.325 e. The summed E-state index contributed by atoms with van der Waals surface area (Å²) in [4.78, 5) is 90.4. The fraction of sp³-hybridized carbons (Fsp3) is 0.356. The van der Waals surface area contributed by atoms with Crippen LogP contribution in [-0.2, 0) is 48.4 Å². The number of piperazine rings is 1. The van der Waals surface area contributed by atoms with E-state index in [-0.39, 0.29) is 43.8 Å². The number of hydrogen-bond donors (Lipinski definition) is 3. The third-order valence-corrected chi connectivity index (χ3v) is 16.1. The first-order valence-electron chi connectivity index (χ1n) is 25.7. The zero-order chi connectivity index (χ0) is 53.5. The van der Waals surface area contributed by atoms with Gasteiger partial charge in [-0.05, 0) is 119 Å². The van der Waals surface area contributed by atoms with Gasteiger partial charge in [0.1, 0.15) is 66.9 Å². The number of unbranched alkanes of at least 4 members (excludes halogenated alkanes) is 1. The van der Waals surface area contributed by atoms with Crippen LogP contribution in [0, 0.1) is 15.4 Å². The van der Waals surface area contributed by atoms with Gasteiger partial charge in [0.2, 0.25) is 17.7 Å². The second-order valence-electron chi connectivity index (χ2n) is 21.1. The predicted molar refractivity (Wildman–Crippen MR) is 288 cm³/mol. The van der Waals surface area contributed by atoms with Crippen molar-refractivity contribution in [3.05, 3.63) is 171 Å². The summed E-state index contributed by atoms with van der Waals surface area (Å²) >= 11 is 2.18. The second-order valence-corrected chi connectivity index (χ2v) is 22.4. The average Bonchev–Trinajstić information content (AvgIpc) is 4.27. The number of rotatable bonds is 17. The number of amides is 3. The summed E-state index contributed by atoms with van der Waals surface area (Å²) in [6, 6.07) is 32.6. The summed E-state index contributed by atoms with van der Waals surface area (Å²) < 4.78 is 25.9. The molecule has 5 aliphatic rings. The molecule has 5 aromatic rings. The number of fused-ring (bicyclic) bond motifs is 4. The number of aromatic hydroxyl groups is 1. The van der Waals surface area contributed by atoms with Crippen LogP contribution in [0.2, 0.25) is 0 Å². The molecule has 10 rings (SSSR count). The number of morpholine rings is 1. The molecule has 0 saturated carbocycles. The van der Waals surface area contributed by atoms with Crippen LogP contribution >= 0.6 is 22.6 Å². The van der Waals surface area contributed by atoms with Crippen molar-refractivity contribution < 1.29 is 57.3 Å². The number of anilines is 1. The van der Waals surface area contributed by atoms with E-state index in [1.165, 1.54) is 23.1 Å². The minimum atomic E-state index is -1.71. The van der Waals surface area contributed by atoms with E-state index in [1.54, 1.807) is 30.3 Å². The van der Waals surface area contributed by atoms with Gasteiger partial charge in [0.05, 0.1) is 51.7 Å². The maximum absolute atomic E-state index is 15.2. The van der Waals surface area contributed by atoms with Crippen LogP contribution in [-0.4, -0.2) is 121 Å². The zero-order valence-corrected chi connectivity index (χ0v) is 44.7. The van der Waals surface area contributed by atoms with Crippen molar-refractivity contribution in [2.24, 2.45) is 11.8 Å². The third kappa shape index (κ3) is 9.72. The highest BCUT2D eigenvalue weighted by Crippen LogP contribution is 2.65. The van der Waals surface area contributed by atoms with E-state index in [0.717, 1.165) is 38.6 Å². The number of cyclic esters (lactones) is 1. The maximum atomic E-state index is 15.2. The normalized spacial score (nSPS) is 26.7. The van der Waals surface area contributed by atoms with Crippen LogP contribution in [0.5, 0.6) is 11.5 Å². The summed E-state index contributed by atoms with van der Waals surface area (Å²) in [5.41, 5.74) is 2.08. The lowest BCUT2D eigenvalue weighted by Crippen LogP contribution is -2.61. The van der Waals surface area contributed by atoms with Gasteiger partial charge < -0.3 is 44.1 Å². The van der Waals surface area contributed by atoms with Gasteiger partial charge in [-0.3, -0.25) is 33.7 Å². The molecule has 0 aromatic heterocycles. The molecular weight excluding hydrogens is 1080 g/mol. The first kappa shape index (κ1) is 52.4. The van der Waals surface area contributed by atoms with Crippen LogP contribution < -0.4 is 15.4 Å². The van der Waals surface area contributed by atoms with E-state index in [1.807, 2.05) is 89.8 Å². The Hall–Kier alpha value is -7.09. The number of halogens is 1. The number of quaternary nitrogens is 1. The van der Waals surface area contributed by atoms with Gasteiger partial charge in [0, 0.05) is 9.26 Å². The first-order valence-corrected chi connectivity index (χ1v) is 26.8. The number of benzene rings is 5. The van der Waals surface area contributed by atoms with Crippen molar-refractivity contribution >= 4 is 63.9 Å².